The van der Waals surface area contributed by atoms with Crippen molar-refractivity contribution in [3.63, 3.8) is 0 Å². The van der Waals surface area contributed by atoms with Crippen molar-refractivity contribution in [3.05, 3.63) is 22.2 Å². The highest BCUT2D eigenvalue weighted by Gasteiger charge is 2.29. The summed E-state index contributed by atoms with van der Waals surface area (Å²) in [6, 6.07) is 4.05. The van der Waals surface area contributed by atoms with E-state index in [1.165, 1.54) is 0 Å². The van der Waals surface area contributed by atoms with Crippen molar-refractivity contribution in [3.8, 4) is 5.75 Å². The first kappa shape index (κ1) is 13.4. The average molecular weight is 312 g/mol. The summed E-state index contributed by atoms with van der Waals surface area (Å²) >= 11 is 3.53. The molecule has 1 atom stereocenters. The van der Waals surface area contributed by atoms with E-state index in [-0.39, 0.29) is 11.3 Å². The van der Waals surface area contributed by atoms with Gasteiger partial charge in [-0.05, 0) is 45.5 Å². The van der Waals surface area contributed by atoms with Crippen molar-refractivity contribution in [2.45, 2.75) is 45.6 Å². The maximum atomic E-state index is 11.8. The fraction of sp³-hybridized carbons (Fsp3) is 0.500. The Morgan fingerprint density at radius 3 is 2.61 bits per heavy atom. The molecule has 0 saturated carbocycles. The van der Waals surface area contributed by atoms with Gasteiger partial charge in [-0.25, -0.2) is 0 Å². The fourth-order valence-electron chi connectivity index (χ4n) is 1.92. The number of nitrogens with one attached hydrogen (secondary N) is 1. The summed E-state index contributed by atoms with van der Waals surface area (Å²) in [7, 11) is 0. The summed E-state index contributed by atoms with van der Waals surface area (Å²) in [6.07, 6.45) is 0.271. The van der Waals surface area contributed by atoms with E-state index in [1.807, 2.05) is 13.0 Å². The molecule has 1 unspecified atom stereocenters. The summed E-state index contributed by atoms with van der Waals surface area (Å²) in [6.45, 7) is 8.36. The van der Waals surface area contributed by atoms with Crippen LogP contribution in [0.4, 0.5) is 5.69 Å². The van der Waals surface area contributed by atoms with Gasteiger partial charge in [0.05, 0.1) is 10.2 Å². The van der Waals surface area contributed by atoms with E-state index in [2.05, 4.69) is 48.1 Å². The molecule has 1 N–H and O–H groups in total. The molecule has 0 spiro atoms. The van der Waals surface area contributed by atoms with Gasteiger partial charge in [-0.15, -0.1) is 0 Å². The lowest BCUT2D eigenvalue weighted by Crippen LogP contribution is -2.36. The van der Waals surface area contributed by atoms with E-state index in [0.717, 1.165) is 21.5 Å². The normalized spacial score (nSPS) is 18.9. The number of amides is 1. The molecule has 1 aromatic rings. The maximum Gasteiger partial charge on any atom is 0.265 e. The lowest BCUT2D eigenvalue weighted by atomic mass is 9.86. The monoisotopic (exact) mass is 311 g/mol. The van der Waals surface area contributed by atoms with Gasteiger partial charge in [0, 0.05) is 0 Å². The third-order valence-corrected chi connectivity index (χ3v) is 3.68. The molecule has 0 aromatic heterocycles. The molecular weight excluding hydrogens is 294 g/mol. The third-order valence-electron chi connectivity index (χ3n) is 3.09. The zero-order valence-corrected chi connectivity index (χ0v) is 12.7. The molecule has 98 valence electrons. The molecule has 4 heteroatoms. The van der Waals surface area contributed by atoms with Gasteiger partial charge in [0.25, 0.3) is 5.91 Å². The second kappa shape index (κ2) is 4.57. The van der Waals surface area contributed by atoms with Crippen molar-refractivity contribution >= 4 is 27.5 Å². The summed E-state index contributed by atoms with van der Waals surface area (Å²) in [5.74, 6) is 0.664. The third kappa shape index (κ3) is 2.39. The number of anilines is 1. The van der Waals surface area contributed by atoms with Crippen molar-refractivity contribution < 1.29 is 9.53 Å². The van der Waals surface area contributed by atoms with E-state index >= 15 is 0 Å². The first-order chi connectivity index (χ1) is 8.32. The first-order valence-corrected chi connectivity index (χ1v) is 6.93. The van der Waals surface area contributed by atoms with Gasteiger partial charge in [0.2, 0.25) is 0 Å². The van der Waals surface area contributed by atoms with Gasteiger partial charge < -0.3 is 10.1 Å². The van der Waals surface area contributed by atoms with Crippen LogP contribution < -0.4 is 10.1 Å². The highest BCUT2D eigenvalue weighted by Crippen LogP contribution is 2.41. The van der Waals surface area contributed by atoms with Gasteiger partial charge in [0.1, 0.15) is 0 Å². The smallest absolute Gasteiger partial charge is 0.265 e. The van der Waals surface area contributed by atoms with Crippen LogP contribution in [-0.2, 0) is 10.2 Å². The molecule has 3 nitrogen and oxygen atoms in total. The molecular formula is C14H18BrNO2. The Kier molecular flexibility index (Phi) is 3.41. The molecule has 2 rings (SSSR count). The van der Waals surface area contributed by atoms with Crippen molar-refractivity contribution in [1.82, 2.24) is 0 Å². The van der Waals surface area contributed by atoms with Crippen LogP contribution in [0.3, 0.4) is 0 Å². The number of fused-ring (bicyclic) bond motifs is 1. The zero-order valence-electron chi connectivity index (χ0n) is 11.1. The summed E-state index contributed by atoms with van der Waals surface area (Å²) in [4.78, 5) is 11.8. The topological polar surface area (TPSA) is 38.3 Å². The molecule has 0 bridgehead atoms. The Morgan fingerprint density at radius 1 is 1.39 bits per heavy atom. The fourth-order valence-corrected chi connectivity index (χ4v) is 2.47. The highest BCUT2D eigenvalue weighted by molar-refractivity contribution is 9.10. The minimum absolute atomic E-state index is 0.0316. The minimum atomic E-state index is -0.394. The molecule has 0 aliphatic carbocycles. The number of hydrogen-bond acceptors (Lipinski definition) is 2. The molecule has 1 aliphatic rings. The number of carbonyl (C=O) groups excluding carboxylic acids is 1. The van der Waals surface area contributed by atoms with E-state index in [0.29, 0.717) is 6.42 Å². The van der Waals surface area contributed by atoms with Crippen LogP contribution in [-0.4, -0.2) is 12.0 Å². The number of hydrogen-bond donors (Lipinski definition) is 1. The van der Waals surface area contributed by atoms with Crippen LogP contribution in [0.5, 0.6) is 5.75 Å². The SMILES string of the molecule is CCC1Oc2c(Br)cc(C(C)(C)C)cc2NC1=O. The molecule has 1 aliphatic heterocycles. The lowest BCUT2D eigenvalue weighted by molar-refractivity contribution is -0.123. The maximum absolute atomic E-state index is 11.8. The largest absolute Gasteiger partial charge is 0.477 e. The van der Waals surface area contributed by atoms with Crippen molar-refractivity contribution in [2.24, 2.45) is 0 Å². The number of halogens is 1. The molecule has 0 saturated heterocycles. The molecule has 18 heavy (non-hydrogen) atoms. The van der Waals surface area contributed by atoms with Gasteiger partial charge in [-0.1, -0.05) is 27.7 Å². The number of ether oxygens (including phenoxy) is 1. The average Bonchev–Trinajstić information content (AvgIpc) is 2.26. The standard InChI is InChI=1S/C14H18BrNO2/c1-5-11-13(17)16-10-7-8(14(2,3)4)6-9(15)12(10)18-11/h6-7,11H,5H2,1-4H3,(H,16,17). The molecule has 1 aromatic carbocycles. The second-order valence-corrected chi connectivity index (χ2v) is 6.44. The Morgan fingerprint density at radius 2 is 2.06 bits per heavy atom. The Bertz CT molecular complexity index is 491. The van der Waals surface area contributed by atoms with Gasteiger partial charge in [-0.2, -0.15) is 0 Å². The molecule has 1 amide bonds. The van der Waals surface area contributed by atoms with Gasteiger partial charge >= 0.3 is 0 Å². The van der Waals surface area contributed by atoms with Crippen molar-refractivity contribution in [1.29, 1.82) is 0 Å². The highest BCUT2D eigenvalue weighted by atomic mass is 79.9. The molecule has 0 fully saturated rings. The van der Waals surface area contributed by atoms with Crippen LogP contribution in [0.1, 0.15) is 39.7 Å². The Hall–Kier alpha value is -1.03. The number of benzene rings is 1. The minimum Gasteiger partial charge on any atom is -0.477 e. The van der Waals surface area contributed by atoms with Gasteiger partial charge in [-0.3, -0.25) is 4.79 Å². The van der Waals surface area contributed by atoms with Crippen LogP contribution in [0.15, 0.2) is 16.6 Å². The summed E-state index contributed by atoms with van der Waals surface area (Å²) < 4.78 is 6.62. The van der Waals surface area contributed by atoms with Gasteiger partial charge in [0.15, 0.2) is 11.9 Å². The summed E-state index contributed by atoms with van der Waals surface area (Å²) in [5, 5.41) is 2.92. The van der Waals surface area contributed by atoms with E-state index < -0.39 is 6.10 Å². The van der Waals surface area contributed by atoms with E-state index in [4.69, 9.17) is 4.74 Å². The number of carbonyl (C=O) groups is 1. The first-order valence-electron chi connectivity index (χ1n) is 6.14. The zero-order chi connectivity index (χ0) is 13.5. The molecule has 0 radical (unpaired) electrons. The Labute approximate surface area is 116 Å². The second-order valence-electron chi connectivity index (χ2n) is 5.59. The van der Waals surface area contributed by atoms with E-state index in [9.17, 15) is 4.79 Å². The lowest BCUT2D eigenvalue weighted by Gasteiger charge is -2.28. The van der Waals surface area contributed by atoms with Crippen LogP contribution in [0, 0.1) is 0 Å². The molecule has 1 heterocycles. The van der Waals surface area contributed by atoms with Crippen LogP contribution in [0.25, 0.3) is 0 Å². The predicted octanol–water partition coefficient (Wildman–Crippen LogP) is 3.86. The summed E-state index contributed by atoms with van der Waals surface area (Å²) in [5.41, 5.74) is 1.94. The predicted molar refractivity (Wildman–Crippen MR) is 76.2 cm³/mol. The van der Waals surface area contributed by atoms with Crippen LogP contribution in [0.2, 0.25) is 0 Å². The van der Waals surface area contributed by atoms with E-state index in [1.54, 1.807) is 0 Å². The van der Waals surface area contributed by atoms with Crippen LogP contribution >= 0.6 is 15.9 Å². The van der Waals surface area contributed by atoms with Crippen molar-refractivity contribution in [2.75, 3.05) is 5.32 Å². The number of rotatable bonds is 1. The Balaban J connectivity index is 2.47. The quantitative estimate of drug-likeness (QED) is 0.855.